The number of carbonyl (C=O) groups is 2. The van der Waals surface area contributed by atoms with Crippen LogP contribution < -0.4 is 0 Å². The summed E-state index contributed by atoms with van der Waals surface area (Å²) < 4.78 is 1.95. The number of piperidine rings is 1. The van der Waals surface area contributed by atoms with Crippen molar-refractivity contribution in [3.63, 3.8) is 0 Å². The van der Waals surface area contributed by atoms with Gasteiger partial charge in [0.25, 0.3) is 0 Å². The van der Waals surface area contributed by atoms with Crippen LogP contribution in [0.2, 0.25) is 0 Å². The first-order valence-electron chi connectivity index (χ1n) is 9.45. The van der Waals surface area contributed by atoms with E-state index in [0.29, 0.717) is 25.0 Å². The molecule has 1 saturated heterocycles. The van der Waals surface area contributed by atoms with E-state index in [1.54, 1.807) is 0 Å². The fourth-order valence-electron chi connectivity index (χ4n) is 4.10. The molecule has 2 atom stereocenters. The van der Waals surface area contributed by atoms with Gasteiger partial charge in [0, 0.05) is 41.2 Å². The highest BCUT2D eigenvalue weighted by Crippen LogP contribution is 2.26. The summed E-state index contributed by atoms with van der Waals surface area (Å²) in [6.45, 7) is 6.59. The van der Waals surface area contributed by atoms with Crippen LogP contribution in [0.3, 0.4) is 0 Å². The minimum absolute atomic E-state index is 0.148. The van der Waals surface area contributed by atoms with Gasteiger partial charge >= 0.3 is 0 Å². The lowest BCUT2D eigenvalue weighted by Gasteiger charge is -2.39. The number of Topliss-reactive ketones (excluding diaryl/α,β-unsaturated/α-hetero) is 1. The van der Waals surface area contributed by atoms with E-state index in [4.69, 9.17) is 0 Å². The summed E-state index contributed by atoms with van der Waals surface area (Å²) in [7, 11) is 0. The normalized spacial score (nSPS) is 20.8. The van der Waals surface area contributed by atoms with Gasteiger partial charge in [0.2, 0.25) is 5.91 Å². The van der Waals surface area contributed by atoms with E-state index < -0.39 is 0 Å². The lowest BCUT2D eigenvalue weighted by molar-refractivity contribution is -0.137. The average molecular weight is 340 g/mol. The Labute approximate surface area is 149 Å². The lowest BCUT2D eigenvalue weighted by atomic mass is 9.97. The van der Waals surface area contributed by atoms with E-state index in [2.05, 4.69) is 13.8 Å². The van der Waals surface area contributed by atoms with Crippen molar-refractivity contribution >= 4 is 22.6 Å². The number of para-hydroxylation sites is 1. The zero-order valence-electron chi connectivity index (χ0n) is 15.5. The largest absolute Gasteiger partial charge is 0.337 e. The Balaban J connectivity index is 1.91. The Morgan fingerprint density at radius 1 is 1.12 bits per heavy atom. The molecule has 2 heterocycles. The van der Waals surface area contributed by atoms with Crippen molar-refractivity contribution in [3.05, 3.63) is 36.0 Å². The van der Waals surface area contributed by atoms with Crippen LogP contribution in [0.15, 0.2) is 30.5 Å². The maximum absolute atomic E-state index is 13.0. The Morgan fingerprint density at radius 2 is 1.80 bits per heavy atom. The molecule has 1 aromatic carbocycles. The van der Waals surface area contributed by atoms with E-state index in [1.807, 2.05) is 46.9 Å². The van der Waals surface area contributed by atoms with Gasteiger partial charge in [-0.25, -0.2) is 0 Å². The number of carbonyl (C=O) groups excluding carboxylic acids is 2. The molecule has 0 saturated carbocycles. The van der Waals surface area contributed by atoms with Crippen LogP contribution in [0.4, 0.5) is 0 Å². The summed E-state index contributed by atoms with van der Waals surface area (Å²) in [6, 6.07) is 8.47. The van der Waals surface area contributed by atoms with Gasteiger partial charge in [-0.3, -0.25) is 9.59 Å². The Morgan fingerprint density at radius 3 is 2.48 bits per heavy atom. The number of likely N-dealkylation sites (tertiary alicyclic amines) is 1. The first kappa shape index (κ1) is 17.7. The highest BCUT2D eigenvalue weighted by atomic mass is 16.2. The first-order valence-corrected chi connectivity index (χ1v) is 9.45. The molecule has 0 radical (unpaired) electrons. The Bertz CT molecular complexity index is 767. The number of fused-ring (bicyclic) bond motifs is 1. The topological polar surface area (TPSA) is 42.3 Å². The van der Waals surface area contributed by atoms with E-state index in [9.17, 15) is 9.59 Å². The van der Waals surface area contributed by atoms with Crippen molar-refractivity contribution in [2.45, 2.75) is 71.5 Å². The van der Waals surface area contributed by atoms with E-state index in [-0.39, 0.29) is 11.7 Å². The number of benzene rings is 1. The average Bonchev–Trinajstić information content (AvgIpc) is 2.94. The smallest absolute Gasteiger partial charge is 0.242 e. The Kier molecular flexibility index (Phi) is 5.26. The number of hydrogen-bond donors (Lipinski definition) is 0. The molecular weight excluding hydrogens is 312 g/mol. The SMILES string of the molecule is CCCC(=O)c1cn(CC(=O)N2[C@H](C)CCC[C@H]2C)c2ccccc12. The number of hydrogen-bond acceptors (Lipinski definition) is 2. The molecule has 25 heavy (non-hydrogen) atoms. The van der Waals surface area contributed by atoms with Crippen LogP contribution in [-0.2, 0) is 11.3 Å². The maximum atomic E-state index is 13.0. The number of rotatable bonds is 5. The van der Waals surface area contributed by atoms with Crippen molar-refractivity contribution in [2.75, 3.05) is 0 Å². The van der Waals surface area contributed by atoms with E-state index in [1.165, 1.54) is 6.42 Å². The van der Waals surface area contributed by atoms with E-state index >= 15 is 0 Å². The summed E-state index contributed by atoms with van der Waals surface area (Å²) in [5, 5.41) is 0.952. The minimum Gasteiger partial charge on any atom is -0.337 e. The van der Waals surface area contributed by atoms with Crippen LogP contribution in [0, 0.1) is 0 Å². The highest BCUT2D eigenvalue weighted by molar-refractivity contribution is 6.08. The first-order chi connectivity index (χ1) is 12.0. The molecule has 1 aliphatic rings. The van der Waals surface area contributed by atoms with Gasteiger partial charge in [0.1, 0.15) is 6.54 Å². The zero-order valence-corrected chi connectivity index (χ0v) is 15.5. The second-order valence-electron chi connectivity index (χ2n) is 7.29. The predicted octanol–water partition coefficient (Wildman–Crippen LogP) is 4.41. The molecule has 1 amide bonds. The summed E-state index contributed by atoms with van der Waals surface area (Å²) in [5.41, 5.74) is 1.71. The number of nitrogens with zero attached hydrogens (tertiary/aromatic N) is 2. The molecule has 2 aromatic rings. The summed E-state index contributed by atoms with van der Waals surface area (Å²) in [5.74, 6) is 0.305. The van der Waals surface area contributed by atoms with Gasteiger partial charge in [-0.1, -0.05) is 25.1 Å². The molecule has 0 bridgehead atoms. The van der Waals surface area contributed by atoms with Crippen LogP contribution in [0.1, 0.15) is 63.2 Å². The molecule has 1 fully saturated rings. The lowest BCUT2D eigenvalue weighted by Crippen LogP contribution is -2.48. The quantitative estimate of drug-likeness (QED) is 0.757. The van der Waals surface area contributed by atoms with Crippen molar-refractivity contribution in [3.8, 4) is 0 Å². The number of aromatic nitrogens is 1. The monoisotopic (exact) mass is 340 g/mol. The minimum atomic E-state index is 0.148. The fraction of sp³-hybridized carbons (Fsp3) is 0.524. The molecule has 4 heteroatoms. The van der Waals surface area contributed by atoms with Crippen LogP contribution >= 0.6 is 0 Å². The second-order valence-corrected chi connectivity index (χ2v) is 7.29. The molecule has 4 nitrogen and oxygen atoms in total. The molecule has 1 aromatic heterocycles. The highest BCUT2D eigenvalue weighted by Gasteiger charge is 2.29. The number of amides is 1. The third-order valence-corrected chi connectivity index (χ3v) is 5.35. The van der Waals surface area contributed by atoms with Crippen LogP contribution in [0.5, 0.6) is 0 Å². The molecule has 0 unspecified atom stereocenters. The van der Waals surface area contributed by atoms with Crippen LogP contribution in [-0.4, -0.2) is 33.2 Å². The summed E-state index contributed by atoms with van der Waals surface area (Å²) in [4.78, 5) is 27.4. The van der Waals surface area contributed by atoms with Crippen molar-refractivity contribution in [2.24, 2.45) is 0 Å². The van der Waals surface area contributed by atoms with E-state index in [0.717, 1.165) is 35.7 Å². The van der Waals surface area contributed by atoms with Gasteiger partial charge in [-0.2, -0.15) is 0 Å². The Hall–Kier alpha value is -2.10. The third kappa shape index (κ3) is 3.48. The molecule has 0 spiro atoms. The predicted molar refractivity (Wildman–Crippen MR) is 101 cm³/mol. The van der Waals surface area contributed by atoms with Crippen LogP contribution in [0.25, 0.3) is 10.9 Å². The zero-order chi connectivity index (χ0) is 18.0. The molecular formula is C21H28N2O2. The summed E-state index contributed by atoms with van der Waals surface area (Å²) in [6.07, 6.45) is 6.59. The van der Waals surface area contributed by atoms with Crippen molar-refractivity contribution < 1.29 is 9.59 Å². The van der Waals surface area contributed by atoms with Gasteiger partial charge in [-0.15, -0.1) is 0 Å². The van der Waals surface area contributed by atoms with Gasteiger partial charge in [-0.05, 0) is 45.6 Å². The van der Waals surface area contributed by atoms with Gasteiger partial charge in [0.05, 0.1) is 0 Å². The van der Waals surface area contributed by atoms with Gasteiger partial charge in [0.15, 0.2) is 5.78 Å². The molecule has 1 aliphatic heterocycles. The second kappa shape index (κ2) is 7.42. The molecule has 0 aliphatic carbocycles. The number of ketones is 1. The molecule has 134 valence electrons. The van der Waals surface area contributed by atoms with Gasteiger partial charge < -0.3 is 9.47 Å². The molecule has 0 N–H and O–H groups in total. The molecule has 3 rings (SSSR count). The fourth-order valence-corrected chi connectivity index (χ4v) is 4.10. The summed E-state index contributed by atoms with van der Waals surface area (Å²) >= 11 is 0. The third-order valence-electron chi connectivity index (χ3n) is 5.35. The van der Waals surface area contributed by atoms with Crippen molar-refractivity contribution in [1.82, 2.24) is 9.47 Å². The standard InChI is InChI=1S/C21H28N2O2/c1-4-8-20(24)18-13-22(19-12-6-5-11-17(18)19)14-21(25)23-15(2)9-7-10-16(23)3/h5-6,11-13,15-16H,4,7-10,14H2,1-3H3/t15-,16-/m1/s1. The maximum Gasteiger partial charge on any atom is 0.242 e. The van der Waals surface area contributed by atoms with Crippen molar-refractivity contribution in [1.29, 1.82) is 0 Å².